The van der Waals surface area contributed by atoms with E-state index in [2.05, 4.69) is 58.2 Å². The Morgan fingerprint density at radius 1 is 1.44 bits per heavy atom. The molecule has 16 heavy (non-hydrogen) atoms. The Kier molecular flexibility index (Phi) is 5.59. The van der Waals surface area contributed by atoms with Gasteiger partial charge in [-0.1, -0.05) is 28.1 Å². The van der Waals surface area contributed by atoms with Crippen molar-refractivity contribution in [3.05, 3.63) is 33.8 Å². The van der Waals surface area contributed by atoms with Crippen LogP contribution in [0.4, 0.5) is 0 Å². The summed E-state index contributed by atoms with van der Waals surface area (Å²) in [4.78, 5) is 0. The Morgan fingerprint density at radius 3 is 2.75 bits per heavy atom. The van der Waals surface area contributed by atoms with E-state index in [9.17, 15) is 0 Å². The first kappa shape index (κ1) is 13.3. The Balaban J connectivity index is 2.77. The molecule has 1 atom stereocenters. The summed E-state index contributed by atoms with van der Waals surface area (Å²) in [7, 11) is 2.00. The van der Waals surface area contributed by atoms with Crippen LogP contribution in [0.1, 0.15) is 36.9 Å². The van der Waals surface area contributed by atoms with Crippen LogP contribution in [0.5, 0.6) is 0 Å². The SMILES string of the molecule is CC#CCCC(NC)c1ccc(C)c(Br)c1. The molecule has 0 aliphatic carbocycles. The topological polar surface area (TPSA) is 12.0 Å². The third-order valence-electron chi connectivity index (χ3n) is 2.68. The van der Waals surface area contributed by atoms with Crippen molar-refractivity contribution in [2.75, 3.05) is 7.05 Å². The molecule has 1 unspecified atom stereocenters. The van der Waals surface area contributed by atoms with Gasteiger partial charge in [0.15, 0.2) is 0 Å². The lowest BCUT2D eigenvalue weighted by atomic mass is 10.0. The largest absolute Gasteiger partial charge is 0.313 e. The predicted octanol–water partition coefficient (Wildman–Crippen LogP) is 3.82. The number of rotatable bonds is 4. The van der Waals surface area contributed by atoms with Gasteiger partial charge in [0.25, 0.3) is 0 Å². The molecule has 0 aliphatic heterocycles. The lowest BCUT2D eigenvalue weighted by Gasteiger charge is -2.16. The van der Waals surface area contributed by atoms with Gasteiger partial charge in [0.1, 0.15) is 0 Å². The number of hydrogen-bond donors (Lipinski definition) is 1. The van der Waals surface area contributed by atoms with Gasteiger partial charge >= 0.3 is 0 Å². The second kappa shape index (κ2) is 6.73. The molecule has 0 saturated heterocycles. The van der Waals surface area contributed by atoms with E-state index in [4.69, 9.17) is 0 Å². The lowest BCUT2D eigenvalue weighted by Crippen LogP contribution is -2.16. The maximum atomic E-state index is 3.57. The average Bonchev–Trinajstić information content (AvgIpc) is 2.29. The summed E-state index contributed by atoms with van der Waals surface area (Å²) < 4.78 is 1.17. The van der Waals surface area contributed by atoms with Gasteiger partial charge in [-0.05, 0) is 44.5 Å². The molecule has 0 bridgehead atoms. The van der Waals surface area contributed by atoms with Crippen molar-refractivity contribution < 1.29 is 0 Å². The van der Waals surface area contributed by atoms with Gasteiger partial charge in [0.05, 0.1) is 0 Å². The standard InChI is InChI=1S/C14H18BrN/c1-4-5-6-7-14(16-3)12-9-8-11(2)13(15)10-12/h8-10,14,16H,6-7H2,1-3H3. The Labute approximate surface area is 107 Å². The normalized spacial score (nSPS) is 11.8. The zero-order valence-corrected chi connectivity index (χ0v) is 11.7. The molecule has 1 rings (SSSR count). The number of halogens is 1. The third-order valence-corrected chi connectivity index (χ3v) is 3.54. The van der Waals surface area contributed by atoms with E-state index in [0.717, 1.165) is 12.8 Å². The summed E-state index contributed by atoms with van der Waals surface area (Å²) >= 11 is 3.57. The van der Waals surface area contributed by atoms with Gasteiger partial charge in [0, 0.05) is 16.9 Å². The number of nitrogens with one attached hydrogen (secondary N) is 1. The molecular weight excluding hydrogens is 262 g/mol. The zero-order valence-electron chi connectivity index (χ0n) is 10.1. The van der Waals surface area contributed by atoms with Crippen LogP contribution in [-0.2, 0) is 0 Å². The molecule has 0 aliphatic rings. The Hall–Kier alpha value is -0.780. The summed E-state index contributed by atoms with van der Waals surface area (Å²) in [5.41, 5.74) is 2.59. The molecule has 2 heteroatoms. The van der Waals surface area contributed by atoms with Crippen molar-refractivity contribution in [2.45, 2.75) is 32.7 Å². The highest BCUT2D eigenvalue weighted by Crippen LogP contribution is 2.24. The zero-order chi connectivity index (χ0) is 12.0. The molecule has 1 aromatic rings. The van der Waals surface area contributed by atoms with E-state index in [1.54, 1.807) is 0 Å². The van der Waals surface area contributed by atoms with E-state index in [-0.39, 0.29) is 0 Å². The Morgan fingerprint density at radius 2 is 2.19 bits per heavy atom. The molecule has 0 saturated carbocycles. The first-order chi connectivity index (χ1) is 7.69. The molecule has 1 nitrogen and oxygen atoms in total. The molecule has 86 valence electrons. The fraction of sp³-hybridized carbons (Fsp3) is 0.429. The smallest absolute Gasteiger partial charge is 0.0327 e. The molecular formula is C14H18BrN. The maximum absolute atomic E-state index is 3.57. The van der Waals surface area contributed by atoms with E-state index in [1.165, 1.54) is 15.6 Å². The molecule has 0 aromatic heterocycles. The highest BCUT2D eigenvalue weighted by Gasteiger charge is 2.09. The second-order valence-corrected chi connectivity index (χ2v) is 4.67. The Bertz CT molecular complexity index is 401. The van der Waals surface area contributed by atoms with Crippen LogP contribution >= 0.6 is 15.9 Å². The van der Waals surface area contributed by atoms with Gasteiger partial charge < -0.3 is 5.32 Å². The van der Waals surface area contributed by atoms with Crippen molar-refractivity contribution in [1.82, 2.24) is 5.32 Å². The van der Waals surface area contributed by atoms with Crippen LogP contribution in [0.15, 0.2) is 22.7 Å². The molecule has 1 aromatic carbocycles. The van der Waals surface area contributed by atoms with Gasteiger partial charge in [-0.3, -0.25) is 0 Å². The first-order valence-electron chi connectivity index (χ1n) is 5.52. The average molecular weight is 280 g/mol. The summed E-state index contributed by atoms with van der Waals surface area (Å²) in [5, 5.41) is 3.34. The van der Waals surface area contributed by atoms with E-state index < -0.39 is 0 Å². The van der Waals surface area contributed by atoms with Crippen molar-refractivity contribution in [2.24, 2.45) is 0 Å². The molecule has 1 N–H and O–H groups in total. The molecule has 0 spiro atoms. The van der Waals surface area contributed by atoms with Crippen LogP contribution in [0, 0.1) is 18.8 Å². The van der Waals surface area contributed by atoms with Gasteiger partial charge in [-0.15, -0.1) is 11.8 Å². The quantitative estimate of drug-likeness (QED) is 0.827. The summed E-state index contributed by atoms with van der Waals surface area (Å²) in [6.07, 6.45) is 1.99. The minimum atomic E-state index is 0.387. The number of aryl methyl sites for hydroxylation is 1. The van der Waals surface area contributed by atoms with Crippen LogP contribution < -0.4 is 5.32 Å². The minimum absolute atomic E-state index is 0.387. The van der Waals surface area contributed by atoms with Crippen LogP contribution in [0.2, 0.25) is 0 Å². The minimum Gasteiger partial charge on any atom is -0.313 e. The number of hydrogen-bond acceptors (Lipinski definition) is 1. The van der Waals surface area contributed by atoms with E-state index in [0.29, 0.717) is 6.04 Å². The molecule has 0 radical (unpaired) electrons. The van der Waals surface area contributed by atoms with Crippen LogP contribution in [0.3, 0.4) is 0 Å². The first-order valence-corrected chi connectivity index (χ1v) is 6.31. The van der Waals surface area contributed by atoms with Crippen molar-refractivity contribution in [3.8, 4) is 11.8 Å². The second-order valence-electron chi connectivity index (χ2n) is 3.82. The van der Waals surface area contributed by atoms with Gasteiger partial charge in [-0.25, -0.2) is 0 Å². The molecule has 0 fully saturated rings. The van der Waals surface area contributed by atoms with Gasteiger partial charge in [-0.2, -0.15) is 0 Å². The highest BCUT2D eigenvalue weighted by molar-refractivity contribution is 9.10. The molecule has 0 amide bonds. The summed E-state index contributed by atoms with van der Waals surface area (Å²) in [6.45, 7) is 3.99. The van der Waals surface area contributed by atoms with Crippen LogP contribution in [0.25, 0.3) is 0 Å². The van der Waals surface area contributed by atoms with E-state index >= 15 is 0 Å². The third kappa shape index (κ3) is 3.66. The lowest BCUT2D eigenvalue weighted by molar-refractivity contribution is 0.558. The predicted molar refractivity (Wildman–Crippen MR) is 73.4 cm³/mol. The maximum Gasteiger partial charge on any atom is 0.0327 e. The summed E-state index contributed by atoms with van der Waals surface area (Å²) in [5.74, 6) is 6.04. The van der Waals surface area contributed by atoms with Crippen molar-refractivity contribution in [3.63, 3.8) is 0 Å². The van der Waals surface area contributed by atoms with Gasteiger partial charge in [0.2, 0.25) is 0 Å². The highest BCUT2D eigenvalue weighted by atomic mass is 79.9. The van der Waals surface area contributed by atoms with Crippen LogP contribution in [-0.4, -0.2) is 7.05 Å². The molecule has 0 heterocycles. The fourth-order valence-corrected chi connectivity index (χ4v) is 2.04. The number of benzene rings is 1. The monoisotopic (exact) mass is 279 g/mol. The fourth-order valence-electron chi connectivity index (χ4n) is 1.65. The van der Waals surface area contributed by atoms with Crippen molar-refractivity contribution in [1.29, 1.82) is 0 Å². The van der Waals surface area contributed by atoms with E-state index in [1.807, 2.05) is 14.0 Å². The van der Waals surface area contributed by atoms with Crippen molar-refractivity contribution >= 4 is 15.9 Å². The summed E-state index contributed by atoms with van der Waals surface area (Å²) in [6, 6.07) is 6.91.